The van der Waals surface area contributed by atoms with Gasteiger partial charge in [-0.1, -0.05) is 86.1 Å². The van der Waals surface area contributed by atoms with Crippen molar-refractivity contribution >= 4 is 27.3 Å². The molecule has 0 amide bonds. The van der Waals surface area contributed by atoms with Gasteiger partial charge in [0.2, 0.25) is 0 Å². The highest BCUT2D eigenvalue weighted by atomic mass is 35.5. The van der Waals surface area contributed by atoms with Gasteiger partial charge in [-0.2, -0.15) is 0 Å². The van der Waals surface area contributed by atoms with Gasteiger partial charge in [0.25, 0.3) is 10.0 Å². The quantitative estimate of drug-likeness (QED) is 0.226. The molecule has 41 heavy (non-hydrogen) atoms. The molecule has 0 bridgehead atoms. The van der Waals surface area contributed by atoms with Crippen LogP contribution >= 0.6 is 11.6 Å². The van der Waals surface area contributed by atoms with Gasteiger partial charge >= 0.3 is 0 Å². The molecule has 0 unspecified atom stereocenters. The van der Waals surface area contributed by atoms with Crippen LogP contribution in [0.25, 0.3) is 0 Å². The van der Waals surface area contributed by atoms with Crippen LogP contribution in [0.5, 0.6) is 0 Å². The van der Waals surface area contributed by atoms with Gasteiger partial charge in [-0.05, 0) is 116 Å². The van der Waals surface area contributed by atoms with Crippen molar-refractivity contribution in [1.82, 2.24) is 0 Å². The minimum absolute atomic E-state index is 0.268. The molecule has 5 rings (SSSR count). The fraction of sp³-hybridized carbons (Fsp3) is 0.314. The lowest BCUT2D eigenvalue weighted by Gasteiger charge is -2.37. The Morgan fingerprint density at radius 1 is 0.854 bits per heavy atom. The lowest BCUT2D eigenvalue weighted by atomic mass is 9.73. The fourth-order valence-corrected chi connectivity index (χ4v) is 6.68. The second-order valence-corrected chi connectivity index (χ2v) is 12.9. The Labute approximate surface area is 250 Å². The molecule has 1 aliphatic carbocycles. The standard InChI is InChI=1S/C21H25ClO.C14H15NO2S/c1-3-16-4-5-18(14-15(16)2)17-10-12-21(23,13-11-17)19-6-8-20(22)9-7-19;1-2-12-8-10-13(11-9-12)15-18(16,17)14-6-4-3-5-7-14/h4-9,14,17,23H,3,10-13H2,1-2H3;3-11,15H,2H2,1H3. The highest BCUT2D eigenvalue weighted by molar-refractivity contribution is 7.92. The number of halogens is 1. The van der Waals surface area contributed by atoms with Crippen molar-refractivity contribution in [1.29, 1.82) is 0 Å². The third-order valence-electron chi connectivity index (χ3n) is 8.08. The minimum Gasteiger partial charge on any atom is -0.385 e. The summed E-state index contributed by atoms with van der Waals surface area (Å²) in [5.74, 6) is 0.562. The van der Waals surface area contributed by atoms with E-state index < -0.39 is 15.6 Å². The Morgan fingerprint density at radius 3 is 2.05 bits per heavy atom. The largest absolute Gasteiger partial charge is 0.385 e. The van der Waals surface area contributed by atoms with Gasteiger partial charge < -0.3 is 5.11 Å². The first-order valence-corrected chi connectivity index (χ1v) is 16.2. The number of sulfonamides is 1. The zero-order valence-electron chi connectivity index (χ0n) is 24.1. The molecule has 0 spiro atoms. The molecule has 0 aromatic heterocycles. The summed E-state index contributed by atoms with van der Waals surface area (Å²) >= 11 is 5.96. The van der Waals surface area contributed by atoms with Crippen molar-refractivity contribution in [2.45, 2.75) is 75.7 Å². The highest BCUT2D eigenvalue weighted by Crippen LogP contribution is 2.43. The van der Waals surface area contributed by atoms with Gasteiger partial charge in [0.1, 0.15) is 0 Å². The Morgan fingerprint density at radius 2 is 1.49 bits per heavy atom. The minimum atomic E-state index is -3.48. The maximum atomic E-state index is 12.0. The van der Waals surface area contributed by atoms with E-state index >= 15 is 0 Å². The van der Waals surface area contributed by atoms with E-state index in [0.717, 1.165) is 49.1 Å². The summed E-state index contributed by atoms with van der Waals surface area (Å²) in [5, 5.41) is 11.7. The van der Waals surface area contributed by atoms with Gasteiger partial charge in [0.15, 0.2) is 0 Å². The first-order chi connectivity index (χ1) is 19.6. The van der Waals surface area contributed by atoms with Crippen LogP contribution in [0.2, 0.25) is 5.02 Å². The van der Waals surface area contributed by atoms with E-state index in [0.29, 0.717) is 11.6 Å². The normalized spacial score (nSPS) is 18.7. The Balaban J connectivity index is 0.000000195. The van der Waals surface area contributed by atoms with Crippen molar-refractivity contribution in [3.05, 3.63) is 130 Å². The Hall–Kier alpha value is -3.12. The van der Waals surface area contributed by atoms with E-state index in [9.17, 15) is 13.5 Å². The van der Waals surface area contributed by atoms with E-state index in [1.807, 2.05) is 36.4 Å². The summed E-state index contributed by atoms with van der Waals surface area (Å²) in [4.78, 5) is 0.268. The molecule has 6 heteroatoms. The molecule has 4 aromatic rings. The molecule has 2 N–H and O–H groups in total. The zero-order valence-corrected chi connectivity index (χ0v) is 25.7. The molecule has 4 nitrogen and oxygen atoms in total. The van der Waals surface area contributed by atoms with E-state index in [-0.39, 0.29) is 4.90 Å². The summed E-state index contributed by atoms with van der Waals surface area (Å²) in [6.07, 6.45) is 5.72. The summed E-state index contributed by atoms with van der Waals surface area (Å²) in [6.45, 7) is 6.47. The zero-order chi connectivity index (χ0) is 29.5. The molecule has 1 aliphatic rings. The average molecular weight is 590 g/mol. The Kier molecular flexibility index (Phi) is 10.3. The van der Waals surface area contributed by atoms with Gasteiger partial charge in [0.05, 0.1) is 10.5 Å². The van der Waals surface area contributed by atoms with Gasteiger partial charge in [-0.3, -0.25) is 4.72 Å². The van der Waals surface area contributed by atoms with Crippen molar-refractivity contribution in [2.75, 3.05) is 4.72 Å². The van der Waals surface area contributed by atoms with Gasteiger partial charge in [-0.15, -0.1) is 0 Å². The first-order valence-electron chi connectivity index (χ1n) is 14.4. The molecule has 0 atom stereocenters. The van der Waals surface area contributed by atoms with Crippen LogP contribution in [-0.2, 0) is 28.5 Å². The van der Waals surface area contributed by atoms with Crippen molar-refractivity contribution < 1.29 is 13.5 Å². The lowest BCUT2D eigenvalue weighted by molar-refractivity contribution is -0.00566. The number of nitrogens with one attached hydrogen (secondary N) is 1. The number of hydrogen-bond donors (Lipinski definition) is 2. The smallest absolute Gasteiger partial charge is 0.261 e. The highest BCUT2D eigenvalue weighted by Gasteiger charge is 2.35. The number of rotatable bonds is 7. The summed E-state index contributed by atoms with van der Waals surface area (Å²) < 4.78 is 26.6. The molecule has 0 heterocycles. The predicted octanol–water partition coefficient (Wildman–Crippen LogP) is 8.81. The van der Waals surface area contributed by atoms with Crippen LogP contribution in [0.15, 0.2) is 102 Å². The van der Waals surface area contributed by atoms with Crippen molar-refractivity contribution in [3.63, 3.8) is 0 Å². The second kappa shape index (κ2) is 13.7. The first kappa shape index (κ1) is 30.8. The molecule has 0 saturated heterocycles. The third kappa shape index (κ3) is 8.00. The van der Waals surface area contributed by atoms with Crippen molar-refractivity contribution in [2.24, 2.45) is 0 Å². The summed E-state index contributed by atoms with van der Waals surface area (Å²) in [7, 11) is -3.48. The lowest BCUT2D eigenvalue weighted by Crippen LogP contribution is -2.30. The van der Waals surface area contributed by atoms with Crippen LogP contribution in [-0.4, -0.2) is 13.5 Å². The van der Waals surface area contributed by atoms with E-state index in [4.69, 9.17) is 11.6 Å². The van der Waals surface area contributed by atoms with Crippen molar-refractivity contribution in [3.8, 4) is 0 Å². The van der Waals surface area contributed by atoms with Crippen LogP contribution in [0.3, 0.4) is 0 Å². The van der Waals surface area contributed by atoms with Crippen LogP contribution in [0.1, 0.15) is 73.3 Å². The number of aliphatic hydroxyl groups is 1. The molecule has 1 fully saturated rings. The van der Waals surface area contributed by atoms with Crippen LogP contribution in [0.4, 0.5) is 5.69 Å². The molecule has 0 aliphatic heterocycles. The molecule has 0 radical (unpaired) electrons. The summed E-state index contributed by atoms with van der Waals surface area (Å²) in [5.41, 5.74) is 6.31. The van der Waals surface area contributed by atoms with Gasteiger partial charge in [0, 0.05) is 10.7 Å². The number of hydrogen-bond acceptors (Lipinski definition) is 3. The van der Waals surface area contributed by atoms with Crippen LogP contribution in [0, 0.1) is 6.92 Å². The monoisotopic (exact) mass is 589 g/mol. The number of aryl methyl sites for hydroxylation is 3. The molecule has 1 saturated carbocycles. The average Bonchev–Trinajstić information content (AvgIpc) is 2.99. The third-order valence-corrected chi connectivity index (χ3v) is 9.73. The van der Waals surface area contributed by atoms with E-state index in [2.05, 4.69) is 43.7 Å². The maximum Gasteiger partial charge on any atom is 0.261 e. The molecule has 4 aromatic carbocycles. The second-order valence-electron chi connectivity index (χ2n) is 10.8. The SMILES string of the molecule is CCc1ccc(C2CCC(O)(c3ccc(Cl)cc3)CC2)cc1C.CCc1ccc(NS(=O)(=O)c2ccccc2)cc1. The maximum absolute atomic E-state index is 12.0. The van der Waals surface area contributed by atoms with E-state index in [1.54, 1.807) is 42.5 Å². The number of benzene rings is 4. The van der Waals surface area contributed by atoms with Gasteiger partial charge in [-0.25, -0.2) is 8.42 Å². The fourth-order valence-electron chi connectivity index (χ4n) is 5.47. The molecular weight excluding hydrogens is 550 g/mol. The number of anilines is 1. The molecule has 216 valence electrons. The molecular formula is C35H40ClNO3S. The van der Waals surface area contributed by atoms with Crippen LogP contribution < -0.4 is 4.72 Å². The predicted molar refractivity (Wildman–Crippen MR) is 170 cm³/mol. The topological polar surface area (TPSA) is 66.4 Å². The summed E-state index contributed by atoms with van der Waals surface area (Å²) in [6, 6.07) is 30.3. The van der Waals surface area contributed by atoms with E-state index in [1.165, 1.54) is 22.3 Å². The Bertz CT molecular complexity index is 1510.